The van der Waals surface area contributed by atoms with Crippen LogP contribution in [-0.4, -0.2) is 78.3 Å². The van der Waals surface area contributed by atoms with Crippen LogP contribution in [0.5, 0.6) is 0 Å². The van der Waals surface area contributed by atoms with Crippen molar-refractivity contribution in [3.63, 3.8) is 0 Å². The van der Waals surface area contributed by atoms with Gasteiger partial charge in [0.25, 0.3) is 0 Å². The molecule has 1 heterocycles. The molecule has 0 saturated carbocycles. The summed E-state index contributed by atoms with van der Waals surface area (Å²) in [6.07, 6.45) is 0.982. The van der Waals surface area contributed by atoms with Crippen LogP contribution in [0.25, 0.3) is 0 Å². The van der Waals surface area contributed by atoms with Crippen LogP contribution >= 0.6 is 11.9 Å². The molecule has 1 rings (SSSR count). The molecule has 0 aliphatic carbocycles. The summed E-state index contributed by atoms with van der Waals surface area (Å²) in [5.74, 6) is -1.51. The van der Waals surface area contributed by atoms with Gasteiger partial charge in [-0.05, 0) is 20.0 Å². The average Bonchev–Trinajstić information content (AvgIpc) is 2.45. The highest BCUT2D eigenvalue weighted by atomic mass is 32.2. The van der Waals surface area contributed by atoms with Crippen LogP contribution in [-0.2, 0) is 9.59 Å². The fourth-order valence-corrected chi connectivity index (χ4v) is 2.52. The molecule has 0 aromatic heterocycles. The maximum Gasteiger partial charge on any atom is 0.327 e. The van der Waals surface area contributed by atoms with Gasteiger partial charge in [-0.15, -0.1) is 4.91 Å². The van der Waals surface area contributed by atoms with E-state index in [1.165, 1.54) is 0 Å². The van der Waals surface area contributed by atoms with E-state index < -0.39 is 12.0 Å². The Labute approximate surface area is 128 Å². The predicted molar refractivity (Wildman–Crippen MR) is 81.0 cm³/mol. The molecule has 1 unspecified atom stereocenters. The van der Waals surface area contributed by atoms with E-state index in [1.54, 1.807) is 0 Å². The van der Waals surface area contributed by atoms with Gasteiger partial charge < -0.3 is 20.2 Å². The largest absolute Gasteiger partial charge is 0.480 e. The van der Waals surface area contributed by atoms with Crippen molar-refractivity contribution in [3.05, 3.63) is 4.91 Å². The van der Waals surface area contributed by atoms with Crippen LogP contribution in [0.2, 0.25) is 0 Å². The number of carbonyl (C=O) groups excluding carboxylic acids is 1. The van der Waals surface area contributed by atoms with E-state index in [0.717, 1.165) is 32.7 Å². The monoisotopic (exact) mass is 318 g/mol. The van der Waals surface area contributed by atoms with Crippen LogP contribution in [0.15, 0.2) is 4.58 Å². The number of hydrogen-bond donors (Lipinski definition) is 2. The number of nitrogens with zero attached hydrogens (tertiary/aromatic N) is 3. The maximum atomic E-state index is 11.7. The molecule has 0 bridgehead atoms. The summed E-state index contributed by atoms with van der Waals surface area (Å²) in [5, 5.41) is 11.3. The fraction of sp³-hybridized carbons (Fsp3) is 0.833. The summed E-state index contributed by atoms with van der Waals surface area (Å²) >= 11 is 0.594. The third-order valence-corrected chi connectivity index (χ3v) is 3.99. The first-order valence-electron chi connectivity index (χ1n) is 6.90. The first-order valence-corrected chi connectivity index (χ1v) is 7.85. The number of piperazine rings is 1. The van der Waals surface area contributed by atoms with E-state index in [1.807, 2.05) is 0 Å². The second-order valence-electron chi connectivity index (χ2n) is 5.08. The molecule has 0 aromatic carbocycles. The SMILES string of the molecule is CN1CCN(CCCC(=O)NC(CSN=O)C(=O)O)CC1. The molecule has 120 valence electrons. The molecule has 9 heteroatoms. The number of carboxylic acids is 1. The Balaban J connectivity index is 2.20. The Hall–Kier alpha value is -1.19. The molecule has 0 aromatic rings. The van der Waals surface area contributed by atoms with Crippen LogP contribution < -0.4 is 5.32 Å². The van der Waals surface area contributed by atoms with Crippen LogP contribution in [0.1, 0.15) is 12.8 Å². The second-order valence-corrected chi connectivity index (χ2v) is 5.82. The number of nitroso groups, excluding NO2 is 1. The van der Waals surface area contributed by atoms with E-state index in [0.29, 0.717) is 18.4 Å². The first-order chi connectivity index (χ1) is 10.0. The number of nitrogens with one attached hydrogen (secondary N) is 1. The Morgan fingerprint density at radius 2 is 2.00 bits per heavy atom. The Morgan fingerprint density at radius 1 is 1.33 bits per heavy atom. The number of rotatable bonds is 9. The number of amides is 1. The van der Waals surface area contributed by atoms with Crippen molar-refractivity contribution in [3.8, 4) is 0 Å². The molecular weight excluding hydrogens is 296 g/mol. The lowest BCUT2D eigenvalue weighted by molar-refractivity contribution is -0.141. The summed E-state index contributed by atoms with van der Waals surface area (Å²) in [7, 11) is 2.09. The highest BCUT2D eigenvalue weighted by molar-refractivity contribution is 7.97. The van der Waals surface area contributed by atoms with Gasteiger partial charge in [0.15, 0.2) is 0 Å². The predicted octanol–water partition coefficient (Wildman–Crippen LogP) is -0.00200. The van der Waals surface area contributed by atoms with Gasteiger partial charge in [0.1, 0.15) is 6.04 Å². The molecule has 1 aliphatic rings. The van der Waals surface area contributed by atoms with Gasteiger partial charge in [0.2, 0.25) is 5.91 Å². The Kier molecular flexibility index (Phi) is 8.24. The van der Waals surface area contributed by atoms with Crippen LogP contribution in [0.4, 0.5) is 0 Å². The Morgan fingerprint density at radius 3 is 2.57 bits per heavy atom. The lowest BCUT2D eigenvalue weighted by Crippen LogP contribution is -2.45. The van der Waals surface area contributed by atoms with E-state index >= 15 is 0 Å². The van der Waals surface area contributed by atoms with Gasteiger partial charge in [-0.3, -0.25) is 4.79 Å². The van der Waals surface area contributed by atoms with Crippen molar-refractivity contribution in [1.82, 2.24) is 15.1 Å². The number of hydrogen-bond acceptors (Lipinski definition) is 7. The summed E-state index contributed by atoms with van der Waals surface area (Å²) in [6, 6.07) is -1.07. The number of carboxylic acid groups (broad SMARTS) is 1. The van der Waals surface area contributed by atoms with E-state index in [9.17, 15) is 14.5 Å². The van der Waals surface area contributed by atoms with Crippen molar-refractivity contribution < 1.29 is 14.7 Å². The number of likely N-dealkylation sites (N-methyl/N-ethyl adjacent to an activating group) is 1. The zero-order valence-corrected chi connectivity index (χ0v) is 13.0. The van der Waals surface area contributed by atoms with E-state index in [-0.39, 0.29) is 18.1 Å². The quantitative estimate of drug-likeness (QED) is 0.455. The van der Waals surface area contributed by atoms with Crippen LogP contribution in [0.3, 0.4) is 0 Å². The number of carbonyl (C=O) groups is 2. The highest BCUT2D eigenvalue weighted by Crippen LogP contribution is 2.05. The van der Waals surface area contributed by atoms with Crippen LogP contribution in [0, 0.1) is 4.91 Å². The van der Waals surface area contributed by atoms with Crippen molar-refractivity contribution in [2.75, 3.05) is 45.5 Å². The van der Waals surface area contributed by atoms with Gasteiger partial charge in [0.05, 0.1) is 0 Å². The maximum absolute atomic E-state index is 11.7. The lowest BCUT2D eigenvalue weighted by atomic mass is 10.2. The minimum atomic E-state index is -1.15. The summed E-state index contributed by atoms with van der Waals surface area (Å²) in [4.78, 5) is 37.2. The molecule has 1 amide bonds. The summed E-state index contributed by atoms with van der Waals surface area (Å²) < 4.78 is 2.54. The molecule has 0 radical (unpaired) electrons. The van der Waals surface area contributed by atoms with Crippen molar-refractivity contribution >= 4 is 23.8 Å². The third-order valence-electron chi connectivity index (χ3n) is 3.40. The molecule has 0 spiro atoms. The molecule has 1 aliphatic heterocycles. The van der Waals surface area contributed by atoms with E-state index in [4.69, 9.17) is 5.11 Å². The fourth-order valence-electron chi connectivity index (χ4n) is 2.08. The van der Waals surface area contributed by atoms with Crippen molar-refractivity contribution in [2.45, 2.75) is 18.9 Å². The summed E-state index contributed by atoms with van der Waals surface area (Å²) in [6.45, 7) is 4.89. The van der Waals surface area contributed by atoms with Gasteiger partial charge in [0, 0.05) is 54.9 Å². The normalized spacial score (nSPS) is 18.1. The topological polar surface area (TPSA) is 102 Å². The van der Waals surface area contributed by atoms with E-state index in [2.05, 4.69) is 26.7 Å². The summed E-state index contributed by atoms with van der Waals surface area (Å²) in [5.41, 5.74) is 0. The standard InChI is InChI=1S/C12H22N4O4S/c1-15-5-7-16(8-6-15)4-2-3-11(17)13-10(12(18)19)9-21-14-20/h10H,2-9H2,1H3,(H,13,17)(H,18,19). The lowest BCUT2D eigenvalue weighted by Gasteiger charge is -2.32. The van der Waals surface area contributed by atoms with Gasteiger partial charge in [-0.25, -0.2) is 4.79 Å². The smallest absolute Gasteiger partial charge is 0.327 e. The highest BCUT2D eigenvalue weighted by Gasteiger charge is 2.20. The van der Waals surface area contributed by atoms with Gasteiger partial charge in [-0.1, -0.05) is 0 Å². The molecule has 1 atom stereocenters. The Bertz CT molecular complexity index is 361. The van der Waals surface area contributed by atoms with Gasteiger partial charge in [-0.2, -0.15) is 0 Å². The minimum absolute atomic E-state index is 0.0525. The molecule has 21 heavy (non-hydrogen) atoms. The zero-order valence-electron chi connectivity index (χ0n) is 12.2. The molecule has 2 N–H and O–H groups in total. The zero-order chi connectivity index (χ0) is 15.7. The minimum Gasteiger partial charge on any atom is -0.480 e. The molecular formula is C12H22N4O4S. The van der Waals surface area contributed by atoms with Crippen molar-refractivity contribution in [1.29, 1.82) is 0 Å². The van der Waals surface area contributed by atoms with Gasteiger partial charge >= 0.3 is 5.97 Å². The molecule has 1 fully saturated rings. The second kappa shape index (κ2) is 9.69. The first kappa shape index (κ1) is 17.9. The third kappa shape index (κ3) is 7.39. The molecule has 1 saturated heterocycles. The van der Waals surface area contributed by atoms with Crippen molar-refractivity contribution in [2.24, 2.45) is 4.58 Å². The average molecular weight is 318 g/mol. The number of aliphatic carboxylic acids is 1. The molecule has 8 nitrogen and oxygen atoms in total.